The Morgan fingerprint density at radius 2 is 1.38 bits per heavy atom. The predicted molar refractivity (Wildman–Crippen MR) is 158 cm³/mol. The van der Waals surface area contributed by atoms with Gasteiger partial charge in [0.1, 0.15) is 18.3 Å². The van der Waals surface area contributed by atoms with Gasteiger partial charge < -0.3 is 31.5 Å². The first-order valence-electron chi connectivity index (χ1n) is 12.8. The SMILES string of the molecule is C=O.CC.CCOc1ccc(OC)cc1.Cc1cccc(CCN)c1.NCCC(N)Cc1ccccc1. The summed E-state index contributed by atoms with van der Waals surface area (Å²) < 4.78 is 10.2. The van der Waals surface area contributed by atoms with Crippen molar-refractivity contribution >= 4 is 6.79 Å². The molecule has 0 aliphatic heterocycles. The number of benzene rings is 3. The number of carbonyl (C=O) groups is 1. The molecule has 0 aromatic heterocycles. The lowest BCUT2D eigenvalue weighted by molar-refractivity contribution is -0.0980. The molecule has 0 aliphatic rings. The van der Waals surface area contributed by atoms with Gasteiger partial charge in [-0.05, 0) is 81.6 Å². The van der Waals surface area contributed by atoms with Crippen LogP contribution in [0.1, 0.15) is 43.9 Å². The average Bonchev–Trinajstić information content (AvgIpc) is 2.93. The van der Waals surface area contributed by atoms with Crippen LogP contribution in [0.4, 0.5) is 0 Å². The van der Waals surface area contributed by atoms with Gasteiger partial charge in [0.25, 0.3) is 0 Å². The molecule has 206 valence electrons. The molecule has 3 aromatic carbocycles. The summed E-state index contributed by atoms with van der Waals surface area (Å²) in [5.41, 5.74) is 20.6. The van der Waals surface area contributed by atoms with Crippen molar-refractivity contribution < 1.29 is 14.3 Å². The molecule has 0 heterocycles. The number of hydrogen-bond acceptors (Lipinski definition) is 6. The van der Waals surface area contributed by atoms with E-state index in [4.69, 9.17) is 31.5 Å². The summed E-state index contributed by atoms with van der Waals surface area (Å²) in [6.07, 6.45) is 2.81. The second-order valence-corrected chi connectivity index (χ2v) is 7.66. The van der Waals surface area contributed by atoms with Gasteiger partial charge in [-0.3, -0.25) is 0 Å². The Hall–Kier alpha value is -3.19. The number of ether oxygens (including phenoxy) is 2. The van der Waals surface area contributed by atoms with Crippen molar-refractivity contribution in [3.8, 4) is 11.5 Å². The molecule has 1 atom stereocenters. The summed E-state index contributed by atoms with van der Waals surface area (Å²) in [6, 6.07) is 26.5. The third-order valence-corrected chi connectivity index (χ3v) is 4.76. The van der Waals surface area contributed by atoms with E-state index in [2.05, 4.69) is 43.3 Å². The maximum absolute atomic E-state index is 8.00. The standard InChI is InChI=1S/C10H16N2.C9H13N.C9H12O2.C2H6.CH2O/c11-7-6-10(12)8-9-4-2-1-3-5-9;1-8-3-2-4-9(7-8)5-6-10;1-3-11-9-6-4-8(10-2)5-7-9;2*1-2/h1-5,10H,6-8,11-12H2;2-4,7H,5-6,10H2,1H3;4-7H,3H2,1-2H3;1-2H3;1H2. The van der Waals surface area contributed by atoms with Crippen LogP contribution in [0.2, 0.25) is 0 Å². The molecule has 0 radical (unpaired) electrons. The number of rotatable bonds is 9. The predicted octanol–water partition coefficient (Wildman–Crippen LogP) is 5.34. The van der Waals surface area contributed by atoms with Gasteiger partial charge >= 0.3 is 0 Å². The Bertz CT molecular complexity index is 874. The average molecular weight is 512 g/mol. The van der Waals surface area contributed by atoms with E-state index in [1.807, 2.05) is 70.0 Å². The van der Waals surface area contributed by atoms with Crippen molar-refractivity contribution in [3.63, 3.8) is 0 Å². The molecule has 0 spiro atoms. The number of methoxy groups -OCH3 is 1. The van der Waals surface area contributed by atoms with E-state index in [1.54, 1.807) is 7.11 Å². The van der Waals surface area contributed by atoms with Crippen LogP contribution in [-0.2, 0) is 17.6 Å². The molecule has 37 heavy (non-hydrogen) atoms. The van der Waals surface area contributed by atoms with Crippen molar-refractivity contribution in [1.82, 2.24) is 0 Å². The topological polar surface area (TPSA) is 114 Å². The second-order valence-electron chi connectivity index (χ2n) is 7.66. The van der Waals surface area contributed by atoms with Crippen molar-refractivity contribution in [1.29, 1.82) is 0 Å². The highest BCUT2D eigenvalue weighted by Crippen LogP contribution is 2.16. The lowest BCUT2D eigenvalue weighted by Gasteiger charge is -2.09. The first-order chi connectivity index (χ1) is 18.0. The highest BCUT2D eigenvalue weighted by Gasteiger charge is 2.01. The van der Waals surface area contributed by atoms with Crippen LogP contribution in [0.25, 0.3) is 0 Å². The summed E-state index contributed by atoms with van der Waals surface area (Å²) in [7, 11) is 1.65. The molecule has 3 aromatic rings. The van der Waals surface area contributed by atoms with Crippen molar-refractivity contribution in [2.24, 2.45) is 17.2 Å². The summed E-state index contributed by atoms with van der Waals surface area (Å²) in [4.78, 5) is 8.00. The van der Waals surface area contributed by atoms with Gasteiger partial charge in [0.05, 0.1) is 13.7 Å². The molecule has 0 saturated carbocycles. The fraction of sp³-hybridized carbons (Fsp3) is 0.387. The summed E-state index contributed by atoms with van der Waals surface area (Å²) >= 11 is 0. The molecule has 0 saturated heterocycles. The third kappa shape index (κ3) is 19.7. The maximum atomic E-state index is 8.00. The minimum atomic E-state index is 0.206. The van der Waals surface area contributed by atoms with Crippen LogP contribution < -0.4 is 26.7 Å². The minimum absolute atomic E-state index is 0.206. The second kappa shape index (κ2) is 25.9. The van der Waals surface area contributed by atoms with E-state index < -0.39 is 0 Å². The summed E-state index contributed by atoms with van der Waals surface area (Å²) in [5.74, 6) is 1.74. The van der Waals surface area contributed by atoms with Crippen LogP contribution in [-0.4, -0.2) is 39.6 Å². The minimum Gasteiger partial charge on any atom is -0.497 e. The third-order valence-electron chi connectivity index (χ3n) is 4.76. The summed E-state index contributed by atoms with van der Waals surface area (Å²) in [5, 5.41) is 0. The van der Waals surface area contributed by atoms with E-state index in [9.17, 15) is 0 Å². The highest BCUT2D eigenvalue weighted by atomic mass is 16.5. The number of carbonyl (C=O) groups excluding carboxylic acids is 1. The molecule has 3 rings (SSSR count). The van der Waals surface area contributed by atoms with Crippen LogP contribution in [0.3, 0.4) is 0 Å². The Balaban J connectivity index is 0. The van der Waals surface area contributed by atoms with Gasteiger partial charge in [-0.2, -0.15) is 0 Å². The van der Waals surface area contributed by atoms with Crippen LogP contribution >= 0.6 is 0 Å². The van der Waals surface area contributed by atoms with Crippen molar-refractivity contribution in [3.05, 3.63) is 95.6 Å². The monoisotopic (exact) mass is 511 g/mol. The van der Waals surface area contributed by atoms with E-state index in [0.717, 1.165) is 37.3 Å². The van der Waals surface area contributed by atoms with Crippen LogP contribution in [0, 0.1) is 6.92 Å². The van der Waals surface area contributed by atoms with Crippen LogP contribution in [0.5, 0.6) is 11.5 Å². The van der Waals surface area contributed by atoms with E-state index in [0.29, 0.717) is 13.2 Å². The number of aryl methyl sites for hydroxylation is 1. The van der Waals surface area contributed by atoms with Gasteiger partial charge in [0.2, 0.25) is 0 Å². The fourth-order valence-corrected chi connectivity index (χ4v) is 3.11. The lowest BCUT2D eigenvalue weighted by Crippen LogP contribution is -2.25. The highest BCUT2D eigenvalue weighted by molar-refractivity contribution is 5.31. The molecule has 0 aliphatic carbocycles. The van der Waals surface area contributed by atoms with Gasteiger partial charge in [-0.25, -0.2) is 0 Å². The molecule has 0 bridgehead atoms. The summed E-state index contributed by atoms with van der Waals surface area (Å²) in [6.45, 7) is 12.2. The molecular weight excluding hydrogens is 462 g/mol. The molecule has 0 fully saturated rings. The fourth-order valence-electron chi connectivity index (χ4n) is 3.11. The van der Waals surface area contributed by atoms with Gasteiger partial charge in [0, 0.05) is 6.04 Å². The number of nitrogens with two attached hydrogens (primary N) is 3. The van der Waals surface area contributed by atoms with Crippen molar-refractivity contribution in [2.75, 3.05) is 26.8 Å². The number of hydrogen-bond donors (Lipinski definition) is 3. The van der Waals surface area contributed by atoms with E-state index >= 15 is 0 Å². The maximum Gasteiger partial charge on any atom is 0.119 e. The Morgan fingerprint density at radius 3 is 1.86 bits per heavy atom. The molecule has 6 N–H and O–H groups in total. The zero-order chi connectivity index (χ0) is 28.3. The zero-order valence-electron chi connectivity index (χ0n) is 23.5. The molecular formula is C31H49N3O3. The Kier molecular flexibility index (Phi) is 25.2. The lowest BCUT2D eigenvalue weighted by atomic mass is 10.0. The van der Waals surface area contributed by atoms with Crippen molar-refractivity contribution in [2.45, 2.75) is 53.0 Å². The first-order valence-corrected chi connectivity index (χ1v) is 12.8. The van der Waals surface area contributed by atoms with Gasteiger partial charge in [-0.15, -0.1) is 0 Å². The van der Waals surface area contributed by atoms with E-state index in [1.165, 1.54) is 16.7 Å². The van der Waals surface area contributed by atoms with Gasteiger partial charge in [-0.1, -0.05) is 74.0 Å². The van der Waals surface area contributed by atoms with Crippen LogP contribution in [0.15, 0.2) is 78.9 Å². The first kappa shape index (κ1) is 36.0. The Labute approximate surface area is 225 Å². The quantitative estimate of drug-likeness (QED) is 0.357. The Morgan fingerprint density at radius 1 is 0.811 bits per heavy atom. The normalized spacial score (nSPS) is 9.84. The molecule has 6 heteroatoms. The largest absolute Gasteiger partial charge is 0.497 e. The zero-order valence-corrected chi connectivity index (χ0v) is 23.5. The van der Waals surface area contributed by atoms with Gasteiger partial charge in [0.15, 0.2) is 0 Å². The smallest absolute Gasteiger partial charge is 0.119 e. The molecule has 1 unspecified atom stereocenters. The van der Waals surface area contributed by atoms with E-state index in [-0.39, 0.29) is 6.04 Å². The molecule has 0 amide bonds. The molecule has 6 nitrogen and oxygen atoms in total.